The highest BCUT2D eigenvalue weighted by Crippen LogP contribution is 2.44. The lowest BCUT2D eigenvalue weighted by Gasteiger charge is -2.41. The highest BCUT2D eigenvalue weighted by Gasteiger charge is 2.58. The van der Waals surface area contributed by atoms with Crippen LogP contribution in [-0.2, 0) is 14.4 Å². The molecule has 3 rings (SSSR count). The van der Waals surface area contributed by atoms with Gasteiger partial charge in [-0.3, -0.25) is 14.4 Å². The lowest BCUT2D eigenvalue weighted by Crippen LogP contribution is -2.55. The van der Waals surface area contributed by atoms with Crippen molar-refractivity contribution in [1.29, 1.82) is 0 Å². The molecular formula is C23H33ClN2O3. The summed E-state index contributed by atoms with van der Waals surface area (Å²) in [5.74, 6) is -0.245. The molecule has 2 aliphatic rings. The van der Waals surface area contributed by atoms with Crippen LogP contribution in [0.15, 0.2) is 12.1 Å². The number of Topliss-reactive ketones (excluding diaryl/α,β-unsaturated/α-hetero) is 1. The molecule has 1 aromatic carbocycles. The van der Waals surface area contributed by atoms with E-state index < -0.39 is 11.5 Å². The zero-order valence-corrected chi connectivity index (χ0v) is 19.0. The number of piperidine rings is 1. The molecule has 0 aromatic heterocycles. The zero-order valence-electron chi connectivity index (χ0n) is 18.3. The first-order valence-corrected chi connectivity index (χ1v) is 11.1. The maximum Gasteiger partial charge on any atom is 0.238 e. The van der Waals surface area contributed by atoms with Crippen LogP contribution in [0.1, 0.15) is 62.1 Å². The summed E-state index contributed by atoms with van der Waals surface area (Å²) in [5, 5.41) is 2.61. The third-order valence-corrected chi connectivity index (χ3v) is 7.20. The number of benzene rings is 1. The van der Waals surface area contributed by atoms with Gasteiger partial charge in [0.05, 0.1) is 6.61 Å². The fourth-order valence-corrected chi connectivity index (χ4v) is 5.21. The van der Waals surface area contributed by atoms with E-state index >= 15 is 0 Å². The Hall–Kier alpha value is -1.43. The number of rotatable bonds is 6. The molecule has 1 spiro atoms. The van der Waals surface area contributed by atoms with Crippen LogP contribution in [0.4, 0.5) is 0 Å². The summed E-state index contributed by atoms with van der Waals surface area (Å²) >= 11 is 6.16. The Kier molecular flexibility index (Phi) is 6.71. The maximum absolute atomic E-state index is 13.6. The molecule has 1 amide bonds. The quantitative estimate of drug-likeness (QED) is 0.644. The zero-order chi connectivity index (χ0) is 21.3. The van der Waals surface area contributed by atoms with Gasteiger partial charge in [-0.25, -0.2) is 0 Å². The summed E-state index contributed by atoms with van der Waals surface area (Å²) in [6, 6.07) is 3.67. The van der Waals surface area contributed by atoms with Gasteiger partial charge in [-0.05, 0) is 61.4 Å². The van der Waals surface area contributed by atoms with E-state index in [0.29, 0.717) is 43.5 Å². The van der Waals surface area contributed by atoms with Crippen molar-refractivity contribution in [2.24, 2.45) is 5.92 Å². The van der Waals surface area contributed by atoms with Crippen LogP contribution in [-0.4, -0.2) is 53.9 Å². The molecule has 2 saturated heterocycles. The normalized spacial score (nSPS) is 22.3. The van der Waals surface area contributed by atoms with Gasteiger partial charge in [0.15, 0.2) is 5.78 Å². The van der Waals surface area contributed by atoms with Crippen LogP contribution in [0.5, 0.6) is 0 Å². The molecule has 1 unspecified atom stereocenters. The van der Waals surface area contributed by atoms with Crippen molar-refractivity contribution < 1.29 is 14.4 Å². The van der Waals surface area contributed by atoms with Crippen molar-refractivity contribution in [3.05, 3.63) is 33.8 Å². The van der Waals surface area contributed by atoms with Crippen molar-refractivity contribution in [2.75, 3.05) is 26.7 Å². The van der Waals surface area contributed by atoms with Gasteiger partial charge in [-0.2, -0.15) is 5.06 Å². The van der Waals surface area contributed by atoms with Crippen LogP contribution < -0.4 is 0 Å². The van der Waals surface area contributed by atoms with Gasteiger partial charge in [0.25, 0.3) is 0 Å². The van der Waals surface area contributed by atoms with Gasteiger partial charge >= 0.3 is 0 Å². The molecule has 1 aromatic rings. The summed E-state index contributed by atoms with van der Waals surface area (Å²) in [6.45, 7) is 10.3. The molecule has 0 bridgehead atoms. The number of carbonyl (C=O) groups excluding carboxylic acids is 2. The SMILES string of the molecule is CCC(CC)CON1CCC2(CC1)C(=O)C(c1c(C)cc(Cl)cc1C)C(=O)N2C. The lowest BCUT2D eigenvalue weighted by molar-refractivity contribution is -0.192. The van der Waals surface area contributed by atoms with E-state index in [1.54, 1.807) is 11.9 Å². The largest absolute Gasteiger partial charge is 0.332 e. The number of likely N-dealkylation sites (N-methyl/N-ethyl adjacent to an activating group) is 1. The van der Waals surface area contributed by atoms with E-state index in [4.69, 9.17) is 16.4 Å². The molecular weight excluding hydrogens is 388 g/mol. The fraction of sp³-hybridized carbons (Fsp3) is 0.652. The van der Waals surface area contributed by atoms with E-state index in [1.807, 2.05) is 31.0 Å². The third kappa shape index (κ3) is 3.97. The molecule has 0 N–H and O–H groups in total. The second kappa shape index (κ2) is 8.75. The van der Waals surface area contributed by atoms with Gasteiger partial charge in [-0.15, -0.1) is 0 Å². The minimum atomic E-state index is -0.728. The van der Waals surface area contributed by atoms with Gasteiger partial charge < -0.3 is 4.90 Å². The van der Waals surface area contributed by atoms with Crippen molar-refractivity contribution in [2.45, 2.75) is 64.8 Å². The first-order valence-electron chi connectivity index (χ1n) is 10.7. The summed E-state index contributed by atoms with van der Waals surface area (Å²) < 4.78 is 0. The van der Waals surface area contributed by atoms with Gasteiger partial charge in [0.1, 0.15) is 11.5 Å². The summed E-state index contributed by atoms with van der Waals surface area (Å²) in [5.41, 5.74) is 1.89. The number of hydrogen-bond acceptors (Lipinski definition) is 4. The summed E-state index contributed by atoms with van der Waals surface area (Å²) in [6.07, 6.45) is 3.43. The van der Waals surface area contributed by atoms with Gasteiger partial charge in [-0.1, -0.05) is 38.3 Å². The summed E-state index contributed by atoms with van der Waals surface area (Å²) in [4.78, 5) is 34.5. The highest BCUT2D eigenvalue weighted by atomic mass is 35.5. The molecule has 2 aliphatic heterocycles. The molecule has 5 nitrogen and oxygen atoms in total. The number of hydrogen-bond donors (Lipinski definition) is 0. The highest BCUT2D eigenvalue weighted by molar-refractivity contribution is 6.30. The number of carbonyl (C=O) groups is 2. The van der Waals surface area contributed by atoms with Crippen LogP contribution in [0.25, 0.3) is 0 Å². The fourth-order valence-electron chi connectivity index (χ4n) is 4.88. The number of ketones is 1. The van der Waals surface area contributed by atoms with Crippen LogP contribution in [0, 0.1) is 19.8 Å². The monoisotopic (exact) mass is 420 g/mol. The molecule has 29 heavy (non-hydrogen) atoms. The average molecular weight is 421 g/mol. The van der Waals surface area contributed by atoms with Crippen molar-refractivity contribution >= 4 is 23.3 Å². The standard InChI is InChI=1S/C23H33ClN2O3/c1-6-17(7-2)14-29-26-10-8-23(9-11-26)21(27)20(22(28)25(23)5)19-15(3)12-18(24)13-16(19)4/h12-13,17,20H,6-11,14H2,1-5H3. The Morgan fingerprint density at radius 2 is 1.69 bits per heavy atom. The van der Waals surface area contributed by atoms with Crippen LogP contribution >= 0.6 is 11.6 Å². The van der Waals surface area contributed by atoms with E-state index in [0.717, 1.165) is 29.5 Å². The van der Waals surface area contributed by atoms with Crippen LogP contribution in [0.3, 0.4) is 0 Å². The Balaban J connectivity index is 1.77. The number of amides is 1. The Bertz CT molecular complexity index is 759. The second-order valence-corrected chi connectivity index (χ2v) is 9.02. The number of nitrogens with zero attached hydrogens (tertiary/aromatic N) is 2. The van der Waals surface area contributed by atoms with Crippen molar-refractivity contribution in [3.8, 4) is 0 Å². The van der Waals surface area contributed by atoms with Crippen molar-refractivity contribution in [1.82, 2.24) is 9.96 Å². The van der Waals surface area contributed by atoms with E-state index in [-0.39, 0.29) is 11.7 Å². The minimum absolute atomic E-state index is 0.0261. The maximum atomic E-state index is 13.6. The molecule has 0 aliphatic carbocycles. The predicted molar refractivity (Wildman–Crippen MR) is 115 cm³/mol. The van der Waals surface area contributed by atoms with E-state index in [9.17, 15) is 9.59 Å². The second-order valence-electron chi connectivity index (χ2n) is 8.59. The Morgan fingerprint density at radius 1 is 1.14 bits per heavy atom. The van der Waals surface area contributed by atoms with E-state index in [1.165, 1.54) is 0 Å². The molecule has 2 heterocycles. The minimum Gasteiger partial charge on any atom is -0.332 e. The number of hydroxylamine groups is 2. The Labute approximate surface area is 179 Å². The van der Waals surface area contributed by atoms with Gasteiger partial charge in [0.2, 0.25) is 5.91 Å². The molecule has 6 heteroatoms. The summed E-state index contributed by atoms with van der Waals surface area (Å²) in [7, 11) is 1.78. The lowest BCUT2D eigenvalue weighted by atomic mass is 9.79. The first-order chi connectivity index (χ1) is 13.7. The number of aryl methyl sites for hydroxylation is 2. The Morgan fingerprint density at radius 3 is 2.21 bits per heavy atom. The third-order valence-electron chi connectivity index (χ3n) is 6.98. The average Bonchev–Trinajstić information content (AvgIpc) is 2.86. The van der Waals surface area contributed by atoms with Crippen molar-refractivity contribution in [3.63, 3.8) is 0 Å². The van der Waals surface area contributed by atoms with Gasteiger partial charge in [0, 0.05) is 25.2 Å². The molecule has 0 saturated carbocycles. The molecule has 2 fully saturated rings. The smallest absolute Gasteiger partial charge is 0.238 e. The predicted octanol–water partition coefficient (Wildman–Crippen LogP) is 4.28. The number of likely N-dealkylation sites (tertiary alicyclic amines) is 1. The topological polar surface area (TPSA) is 49.9 Å². The van der Waals surface area contributed by atoms with Crippen LogP contribution in [0.2, 0.25) is 5.02 Å². The number of halogens is 1. The molecule has 1 atom stereocenters. The molecule has 0 radical (unpaired) electrons. The first kappa shape index (κ1) is 22.3. The van der Waals surface area contributed by atoms with E-state index in [2.05, 4.69) is 13.8 Å². The molecule has 160 valence electrons.